The molecule has 16 heavy (non-hydrogen) atoms. The van der Waals surface area contributed by atoms with Gasteiger partial charge in [0.15, 0.2) is 0 Å². The van der Waals surface area contributed by atoms with Gasteiger partial charge in [-0.3, -0.25) is 0 Å². The molecule has 2 aromatic rings. The summed E-state index contributed by atoms with van der Waals surface area (Å²) in [6.45, 7) is 6.49. The summed E-state index contributed by atoms with van der Waals surface area (Å²) in [6, 6.07) is 10.6. The molecule has 2 rings (SSSR count). The standard InChI is InChI=1S/C14H18N2/c1-11(2)10-13-4-6-14(7-5-13)16-9-8-12(3)15-16/h4-9,11H,10H2,1-3H3. The minimum Gasteiger partial charge on any atom is -0.241 e. The zero-order chi connectivity index (χ0) is 11.5. The van der Waals surface area contributed by atoms with Crippen LogP contribution in [-0.2, 0) is 6.42 Å². The summed E-state index contributed by atoms with van der Waals surface area (Å²) in [7, 11) is 0. The molecule has 0 aliphatic rings. The summed E-state index contributed by atoms with van der Waals surface area (Å²) in [5.41, 5.74) is 3.56. The van der Waals surface area contributed by atoms with E-state index in [9.17, 15) is 0 Å². The Kier molecular flexibility index (Phi) is 3.09. The van der Waals surface area contributed by atoms with E-state index in [1.807, 2.05) is 23.9 Å². The van der Waals surface area contributed by atoms with Crippen molar-refractivity contribution in [2.75, 3.05) is 0 Å². The first-order valence-corrected chi connectivity index (χ1v) is 5.77. The third kappa shape index (κ3) is 2.51. The van der Waals surface area contributed by atoms with E-state index in [2.05, 4.69) is 43.2 Å². The van der Waals surface area contributed by atoms with E-state index in [0.29, 0.717) is 5.92 Å². The molecule has 1 aromatic heterocycles. The van der Waals surface area contributed by atoms with Crippen LogP contribution in [0.4, 0.5) is 0 Å². The van der Waals surface area contributed by atoms with Crippen LogP contribution in [0.15, 0.2) is 36.5 Å². The Balaban J connectivity index is 2.19. The number of hydrogen-bond acceptors (Lipinski definition) is 1. The van der Waals surface area contributed by atoms with E-state index in [1.165, 1.54) is 5.56 Å². The molecule has 2 heteroatoms. The van der Waals surface area contributed by atoms with Crippen LogP contribution in [0.1, 0.15) is 25.1 Å². The number of nitrogens with zero attached hydrogens (tertiary/aromatic N) is 2. The van der Waals surface area contributed by atoms with Gasteiger partial charge in [-0.05, 0) is 43.0 Å². The number of hydrogen-bond donors (Lipinski definition) is 0. The Bertz CT molecular complexity index is 452. The first-order chi connectivity index (χ1) is 7.65. The molecule has 0 bridgehead atoms. The van der Waals surface area contributed by atoms with E-state index in [-0.39, 0.29) is 0 Å². The van der Waals surface area contributed by atoms with Crippen molar-refractivity contribution < 1.29 is 0 Å². The lowest BCUT2D eigenvalue weighted by Crippen LogP contribution is -1.97. The largest absolute Gasteiger partial charge is 0.241 e. The number of aryl methyl sites for hydroxylation is 1. The number of rotatable bonds is 3. The predicted molar refractivity (Wildman–Crippen MR) is 66.8 cm³/mol. The lowest BCUT2D eigenvalue weighted by molar-refractivity contribution is 0.647. The molecule has 0 aliphatic carbocycles. The Morgan fingerprint density at radius 1 is 1.12 bits per heavy atom. The zero-order valence-electron chi connectivity index (χ0n) is 10.1. The van der Waals surface area contributed by atoms with Crippen LogP contribution in [0.5, 0.6) is 0 Å². The lowest BCUT2D eigenvalue weighted by Gasteiger charge is -2.06. The fourth-order valence-electron chi connectivity index (χ4n) is 1.82. The van der Waals surface area contributed by atoms with Crippen LogP contribution in [0.2, 0.25) is 0 Å². The van der Waals surface area contributed by atoms with Crippen molar-refractivity contribution >= 4 is 0 Å². The van der Waals surface area contributed by atoms with Crippen molar-refractivity contribution in [3.63, 3.8) is 0 Å². The van der Waals surface area contributed by atoms with Crippen molar-refractivity contribution in [1.29, 1.82) is 0 Å². The van der Waals surface area contributed by atoms with Gasteiger partial charge in [0.25, 0.3) is 0 Å². The van der Waals surface area contributed by atoms with Gasteiger partial charge in [0.05, 0.1) is 11.4 Å². The quantitative estimate of drug-likeness (QED) is 0.766. The Labute approximate surface area is 96.9 Å². The van der Waals surface area contributed by atoms with Crippen molar-refractivity contribution in [3.8, 4) is 5.69 Å². The van der Waals surface area contributed by atoms with Crippen LogP contribution in [0.3, 0.4) is 0 Å². The monoisotopic (exact) mass is 214 g/mol. The SMILES string of the molecule is Cc1ccn(-c2ccc(CC(C)C)cc2)n1. The molecule has 0 atom stereocenters. The van der Waals surface area contributed by atoms with E-state index in [4.69, 9.17) is 0 Å². The molecule has 0 spiro atoms. The molecule has 0 radical (unpaired) electrons. The molecular weight excluding hydrogens is 196 g/mol. The highest BCUT2D eigenvalue weighted by atomic mass is 15.3. The molecular formula is C14H18N2. The lowest BCUT2D eigenvalue weighted by atomic mass is 10.0. The van der Waals surface area contributed by atoms with Gasteiger partial charge in [-0.2, -0.15) is 5.10 Å². The second-order valence-corrected chi connectivity index (χ2v) is 4.67. The molecule has 1 aromatic carbocycles. The molecule has 0 amide bonds. The minimum atomic E-state index is 0.706. The second-order valence-electron chi connectivity index (χ2n) is 4.67. The van der Waals surface area contributed by atoms with E-state index < -0.39 is 0 Å². The first kappa shape index (κ1) is 10.9. The minimum absolute atomic E-state index is 0.706. The summed E-state index contributed by atoms with van der Waals surface area (Å²) >= 11 is 0. The van der Waals surface area contributed by atoms with Gasteiger partial charge >= 0.3 is 0 Å². The van der Waals surface area contributed by atoms with Gasteiger partial charge in [0.2, 0.25) is 0 Å². The van der Waals surface area contributed by atoms with Crippen molar-refractivity contribution in [1.82, 2.24) is 9.78 Å². The predicted octanol–water partition coefficient (Wildman–Crippen LogP) is 3.38. The van der Waals surface area contributed by atoms with Crippen molar-refractivity contribution in [2.24, 2.45) is 5.92 Å². The van der Waals surface area contributed by atoms with E-state index in [1.54, 1.807) is 0 Å². The topological polar surface area (TPSA) is 17.8 Å². The highest BCUT2D eigenvalue weighted by Gasteiger charge is 2.00. The maximum atomic E-state index is 4.39. The summed E-state index contributed by atoms with van der Waals surface area (Å²) in [4.78, 5) is 0. The smallest absolute Gasteiger partial charge is 0.0645 e. The summed E-state index contributed by atoms with van der Waals surface area (Å²) < 4.78 is 1.91. The molecule has 1 heterocycles. The zero-order valence-corrected chi connectivity index (χ0v) is 10.1. The van der Waals surface area contributed by atoms with Crippen molar-refractivity contribution in [3.05, 3.63) is 47.8 Å². The molecule has 0 fully saturated rings. The maximum Gasteiger partial charge on any atom is 0.0645 e. The van der Waals surface area contributed by atoms with Crippen LogP contribution >= 0.6 is 0 Å². The average molecular weight is 214 g/mol. The molecule has 0 saturated heterocycles. The molecule has 0 unspecified atom stereocenters. The Hall–Kier alpha value is -1.57. The van der Waals surface area contributed by atoms with Gasteiger partial charge in [0, 0.05) is 6.20 Å². The van der Waals surface area contributed by atoms with E-state index in [0.717, 1.165) is 17.8 Å². The van der Waals surface area contributed by atoms with Gasteiger partial charge in [-0.1, -0.05) is 26.0 Å². The summed E-state index contributed by atoms with van der Waals surface area (Å²) in [5, 5.41) is 4.39. The normalized spacial score (nSPS) is 11.0. The number of aromatic nitrogens is 2. The molecule has 84 valence electrons. The second kappa shape index (κ2) is 4.52. The first-order valence-electron chi connectivity index (χ1n) is 5.77. The van der Waals surface area contributed by atoms with Gasteiger partial charge in [0.1, 0.15) is 0 Å². The molecule has 2 nitrogen and oxygen atoms in total. The van der Waals surface area contributed by atoms with E-state index >= 15 is 0 Å². The fraction of sp³-hybridized carbons (Fsp3) is 0.357. The Morgan fingerprint density at radius 3 is 2.31 bits per heavy atom. The number of benzene rings is 1. The maximum absolute atomic E-state index is 4.39. The summed E-state index contributed by atoms with van der Waals surface area (Å²) in [5.74, 6) is 0.706. The van der Waals surface area contributed by atoms with Crippen LogP contribution in [0, 0.1) is 12.8 Å². The average Bonchev–Trinajstić information content (AvgIpc) is 2.65. The van der Waals surface area contributed by atoms with Crippen LogP contribution in [-0.4, -0.2) is 9.78 Å². The fourth-order valence-corrected chi connectivity index (χ4v) is 1.82. The third-order valence-electron chi connectivity index (χ3n) is 2.57. The highest BCUT2D eigenvalue weighted by molar-refractivity contribution is 5.34. The molecule has 0 aliphatic heterocycles. The van der Waals surface area contributed by atoms with Crippen LogP contribution < -0.4 is 0 Å². The third-order valence-corrected chi connectivity index (χ3v) is 2.57. The molecule has 0 saturated carbocycles. The highest BCUT2D eigenvalue weighted by Crippen LogP contribution is 2.12. The van der Waals surface area contributed by atoms with Crippen molar-refractivity contribution in [2.45, 2.75) is 27.2 Å². The molecule has 0 N–H and O–H groups in total. The van der Waals surface area contributed by atoms with Gasteiger partial charge in [-0.25, -0.2) is 4.68 Å². The van der Waals surface area contributed by atoms with Gasteiger partial charge < -0.3 is 0 Å². The summed E-state index contributed by atoms with van der Waals surface area (Å²) in [6.07, 6.45) is 3.13. The Morgan fingerprint density at radius 2 is 1.81 bits per heavy atom. The van der Waals surface area contributed by atoms with Gasteiger partial charge in [-0.15, -0.1) is 0 Å². The van der Waals surface area contributed by atoms with Crippen LogP contribution in [0.25, 0.3) is 5.69 Å².